The highest BCUT2D eigenvalue weighted by Crippen LogP contribution is 2.15. The Morgan fingerprint density at radius 1 is 1.20 bits per heavy atom. The molecule has 20 heavy (non-hydrogen) atoms. The van der Waals surface area contributed by atoms with Gasteiger partial charge >= 0.3 is 0 Å². The first-order valence-corrected chi connectivity index (χ1v) is 7.23. The summed E-state index contributed by atoms with van der Waals surface area (Å²) in [5.41, 5.74) is 4.13. The average Bonchev–Trinajstić information content (AvgIpc) is 2.73. The van der Waals surface area contributed by atoms with Gasteiger partial charge in [0.25, 0.3) is 0 Å². The van der Waals surface area contributed by atoms with Crippen LogP contribution in [0.5, 0.6) is 0 Å². The Morgan fingerprint density at radius 3 is 2.70 bits per heavy atom. The Bertz CT molecular complexity index is 802. The van der Waals surface area contributed by atoms with E-state index in [1.165, 1.54) is 5.56 Å². The number of fused-ring (bicyclic) bond motifs is 1. The van der Waals surface area contributed by atoms with Crippen LogP contribution < -0.4 is 0 Å². The maximum atomic E-state index is 5.90. The number of benzene rings is 1. The molecule has 3 aromatic rings. The smallest absolute Gasteiger partial charge is 0.179 e. The fraction of sp³-hybridized carbons (Fsp3) is 0.200. The molecule has 0 unspecified atom stereocenters. The van der Waals surface area contributed by atoms with Crippen LogP contribution in [0.25, 0.3) is 11.2 Å². The summed E-state index contributed by atoms with van der Waals surface area (Å²) < 4.78 is 2.76. The van der Waals surface area contributed by atoms with Crippen LogP contribution in [-0.4, -0.2) is 14.5 Å². The summed E-state index contributed by atoms with van der Waals surface area (Å²) in [6.45, 7) is 2.79. The first-order chi connectivity index (χ1) is 9.63. The SMILES string of the molecule is Cc1ccc2[nH]c(=S)n(CCc3ccc(Cl)cc3)c2n1. The minimum atomic E-state index is 0.715. The van der Waals surface area contributed by atoms with E-state index >= 15 is 0 Å². The van der Waals surface area contributed by atoms with Gasteiger partial charge < -0.3 is 9.55 Å². The van der Waals surface area contributed by atoms with Gasteiger partial charge in [-0.25, -0.2) is 4.98 Å². The molecule has 102 valence electrons. The molecule has 0 aliphatic heterocycles. The summed E-state index contributed by atoms with van der Waals surface area (Å²) in [6, 6.07) is 11.9. The number of rotatable bonds is 3. The molecule has 3 nitrogen and oxygen atoms in total. The maximum absolute atomic E-state index is 5.90. The van der Waals surface area contributed by atoms with Crippen molar-refractivity contribution >= 4 is 35.0 Å². The number of aryl methyl sites for hydroxylation is 3. The molecule has 0 fully saturated rings. The van der Waals surface area contributed by atoms with Gasteiger partial charge in [0.05, 0.1) is 5.52 Å². The van der Waals surface area contributed by atoms with Crippen molar-refractivity contribution in [1.82, 2.24) is 14.5 Å². The second kappa shape index (κ2) is 5.38. The molecule has 0 saturated carbocycles. The van der Waals surface area contributed by atoms with Gasteiger partial charge in [-0.05, 0) is 55.4 Å². The standard InChI is InChI=1S/C15H14ClN3S/c1-10-2-7-13-14(17-10)19(15(20)18-13)9-8-11-3-5-12(16)6-4-11/h2-7H,8-9H2,1H3,(H,18,20). The summed E-state index contributed by atoms with van der Waals surface area (Å²) in [5, 5.41) is 0.759. The molecule has 0 aliphatic carbocycles. The van der Waals surface area contributed by atoms with E-state index in [0.717, 1.165) is 34.8 Å². The van der Waals surface area contributed by atoms with Gasteiger partial charge in [0.2, 0.25) is 0 Å². The van der Waals surface area contributed by atoms with Crippen molar-refractivity contribution in [3.05, 3.63) is 57.4 Å². The van der Waals surface area contributed by atoms with E-state index in [0.29, 0.717) is 4.77 Å². The monoisotopic (exact) mass is 303 g/mol. The fourth-order valence-corrected chi connectivity index (χ4v) is 2.64. The third-order valence-corrected chi connectivity index (χ3v) is 3.87. The molecule has 0 amide bonds. The fourth-order valence-electron chi connectivity index (χ4n) is 2.22. The Labute approximate surface area is 127 Å². The van der Waals surface area contributed by atoms with Crippen LogP contribution in [0.2, 0.25) is 5.02 Å². The second-order valence-corrected chi connectivity index (χ2v) is 5.61. The largest absolute Gasteiger partial charge is 0.329 e. The highest BCUT2D eigenvalue weighted by atomic mass is 35.5. The molecular weight excluding hydrogens is 290 g/mol. The molecule has 1 aromatic carbocycles. The number of hydrogen-bond donors (Lipinski definition) is 1. The topological polar surface area (TPSA) is 33.6 Å². The zero-order valence-electron chi connectivity index (χ0n) is 11.1. The number of nitrogens with zero attached hydrogens (tertiary/aromatic N) is 2. The Balaban J connectivity index is 1.90. The van der Waals surface area contributed by atoms with Crippen molar-refractivity contribution in [2.75, 3.05) is 0 Å². The lowest BCUT2D eigenvalue weighted by molar-refractivity contribution is 0.700. The lowest BCUT2D eigenvalue weighted by Gasteiger charge is -2.05. The van der Waals surface area contributed by atoms with E-state index in [9.17, 15) is 0 Å². The summed E-state index contributed by atoms with van der Waals surface area (Å²) >= 11 is 11.3. The minimum absolute atomic E-state index is 0.715. The van der Waals surface area contributed by atoms with Gasteiger partial charge in [-0.15, -0.1) is 0 Å². The second-order valence-electron chi connectivity index (χ2n) is 4.78. The van der Waals surface area contributed by atoms with Gasteiger partial charge in [-0.1, -0.05) is 23.7 Å². The zero-order chi connectivity index (χ0) is 14.1. The molecule has 2 heterocycles. The molecule has 3 rings (SSSR count). The van der Waals surface area contributed by atoms with Crippen molar-refractivity contribution < 1.29 is 0 Å². The average molecular weight is 304 g/mol. The molecule has 0 radical (unpaired) electrons. The van der Waals surface area contributed by atoms with Gasteiger partial charge in [0, 0.05) is 17.3 Å². The lowest BCUT2D eigenvalue weighted by Crippen LogP contribution is -2.02. The quantitative estimate of drug-likeness (QED) is 0.732. The normalized spacial score (nSPS) is 11.1. The molecule has 0 spiro atoms. The van der Waals surface area contributed by atoms with Crippen LogP contribution in [0.15, 0.2) is 36.4 Å². The number of nitrogens with one attached hydrogen (secondary N) is 1. The van der Waals surface area contributed by atoms with E-state index < -0.39 is 0 Å². The summed E-state index contributed by atoms with van der Waals surface area (Å²) in [5.74, 6) is 0. The molecular formula is C15H14ClN3S. The molecule has 0 atom stereocenters. The number of H-pyrrole nitrogens is 1. The van der Waals surface area contributed by atoms with Crippen molar-refractivity contribution in [3.8, 4) is 0 Å². The zero-order valence-corrected chi connectivity index (χ0v) is 12.6. The number of hydrogen-bond acceptors (Lipinski definition) is 2. The molecule has 0 bridgehead atoms. The van der Waals surface area contributed by atoms with Crippen molar-refractivity contribution in [3.63, 3.8) is 0 Å². The van der Waals surface area contributed by atoms with Crippen LogP contribution >= 0.6 is 23.8 Å². The van der Waals surface area contributed by atoms with Gasteiger partial charge in [0.15, 0.2) is 10.4 Å². The van der Waals surface area contributed by atoms with Crippen LogP contribution in [0.4, 0.5) is 0 Å². The van der Waals surface area contributed by atoms with Crippen molar-refractivity contribution in [1.29, 1.82) is 0 Å². The van der Waals surface area contributed by atoms with Gasteiger partial charge in [0.1, 0.15) is 0 Å². The van der Waals surface area contributed by atoms with E-state index in [1.807, 2.05) is 47.9 Å². The molecule has 0 aliphatic rings. The first kappa shape index (κ1) is 13.3. The first-order valence-electron chi connectivity index (χ1n) is 6.44. The summed E-state index contributed by atoms with van der Waals surface area (Å²) in [6.07, 6.45) is 0.897. The highest BCUT2D eigenvalue weighted by molar-refractivity contribution is 7.71. The van der Waals surface area contributed by atoms with E-state index in [4.69, 9.17) is 23.8 Å². The number of halogens is 1. The third-order valence-electron chi connectivity index (χ3n) is 3.29. The third kappa shape index (κ3) is 2.62. The maximum Gasteiger partial charge on any atom is 0.179 e. The van der Waals surface area contributed by atoms with E-state index in [1.54, 1.807) is 0 Å². The Hall–Kier alpha value is -1.65. The predicted octanol–water partition coefficient (Wildman–Crippen LogP) is 4.30. The van der Waals surface area contributed by atoms with Crippen molar-refractivity contribution in [2.45, 2.75) is 19.9 Å². The van der Waals surface area contributed by atoms with Gasteiger partial charge in [-0.2, -0.15) is 0 Å². The Kier molecular flexibility index (Phi) is 3.59. The van der Waals surface area contributed by atoms with E-state index in [-0.39, 0.29) is 0 Å². The minimum Gasteiger partial charge on any atom is -0.329 e. The highest BCUT2D eigenvalue weighted by Gasteiger charge is 2.06. The van der Waals surface area contributed by atoms with Crippen LogP contribution in [0.1, 0.15) is 11.3 Å². The van der Waals surface area contributed by atoms with Crippen molar-refractivity contribution in [2.24, 2.45) is 0 Å². The molecule has 5 heteroatoms. The van der Waals surface area contributed by atoms with Crippen LogP contribution in [-0.2, 0) is 13.0 Å². The lowest BCUT2D eigenvalue weighted by atomic mass is 10.1. The van der Waals surface area contributed by atoms with Crippen LogP contribution in [0.3, 0.4) is 0 Å². The van der Waals surface area contributed by atoms with E-state index in [2.05, 4.69) is 9.97 Å². The Morgan fingerprint density at radius 2 is 1.95 bits per heavy atom. The molecule has 0 saturated heterocycles. The number of imidazole rings is 1. The molecule has 2 aromatic heterocycles. The van der Waals surface area contributed by atoms with Crippen LogP contribution in [0, 0.1) is 11.7 Å². The number of aromatic nitrogens is 3. The summed E-state index contributed by atoms with van der Waals surface area (Å²) in [7, 11) is 0. The summed E-state index contributed by atoms with van der Waals surface area (Å²) in [4.78, 5) is 7.76. The number of aromatic amines is 1. The number of pyridine rings is 1. The predicted molar refractivity (Wildman–Crippen MR) is 84.8 cm³/mol. The molecule has 1 N–H and O–H groups in total. The van der Waals surface area contributed by atoms with Gasteiger partial charge in [-0.3, -0.25) is 0 Å².